The van der Waals surface area contributed by atoms with Gasteiger partial charge in [-0.2, -0.15) is 0 Å². The molecule has 4 nitrogen and oxygen atoms in total. The Morgan fingerprint density at radius 1 is 1.11 bits per heavy atom. The van der Waals surface area contributed by atoms with Crippen LogP contribution in [0.5, 0.6) is 0 Å². The minimum atomic E-state index is -3.25. The predicted molar refractivity (Wildman–Crippen MR) is 110 cm³/mol. The Labute approximate surface area is 164 Å². The first-order chi connectivity index (χ1) is 13.1. The first-order valence-corrected chi connectivity index (χ1v) is 10.8. The Hall–Kier alpha value is -2.73. The van der Waals surface area contributed by atoms with Crippen molar-refractivity contribution >= 4 is 33.0 Å². The maximum absolute atomic E-state index is 13.9. The zero-order valence-corrected chi connectivity index (χ0v) is 17.0. The topological polar surface area (TPSA) is 63.2 Å². The largest absolute Gasteiger partial charge is 0.350 e. The van der Waals surface area contributed by atoms with Crippen molar-refractivity contribution in [1.82, 2.24) is 5.32 Å². The summed E-state index contributed by atoms with van der Waals surface area (Å²) in [5, 5.41) is 2.87. The molecule has 1 N–H and O–H groups in total. The molecule has 0 heterocycles. The van der Waals surface area contributed by atoms with E-state index in [0.717, 1.165) is 33.4 Å². The number of carbonyl (C=O) groups excluding carboxylic acids is 1. The van der Waals surface area contributed by atoms with Crippen molar-refractivity contribution in [2.24, 2.45) is 0 Å². The van der Waals surface area contributed by atoms with E-state index >= 15 is 0 Å². The highest BCUT2D eigenvalue weighted by Crippen LogP contribution is 2.43. The average molecular weight is 399 g/mol. The van der Waals surface area contributed by atoms with Gasteiger partial charge in [-0.1, -0.05) is 18.2 Å². The van der Waals surface area contributed by atoms with Crippen LogP contribution in [0.4, 0.5) is 4.39 Å². The van der Waals surface area contributed by atoms with Crippen LogP contribution in [-0.2, 0) is 14.6 Å². The fraction of sp³-hybridized carbons (Fsp3) is 0.227. The summed E-state index contributed by atoms with van der Waals surface area (Å²) in [7, 11) is -3.25. The zero-order valence-electron chi connectivity index (χ0n) is 16.2. The fourth-order valence-electron chi connectivity index (χ4n) is 3.62. The molecule has 3 rings (SSSR count). The number of hydrogen-bond donors (Lipinski definition) is 1. The van der Waals surface area contributed by atoms with Crippen molar-refractivity contribution in [3.8, 4) is 0 Å². The molecule has 1 aliphatic carbocycles. The smallest absolute Gasteiger partial charge is 0.217 e. The summed E-state index contributed by atoms with van der Waals surface area (Å²) in [6.07, 6.45) is 3.12. The SMILES string of the molecule is CC(=O)NC(C)C1=C(C)C(=Cc2ccc(S(C)(=O)=O)cc2)c2ccc(F)cc21. The lowest BCUT2D eigenvalue weighted by atomic mass is 9.99. The van der Waals surface area contributed by atoms with E-state index in [9.17, 15) is 17.6 Å². The first-order valence-electron chi connectivity index (χ1n) is 8.88. The Kier molecular flexibility index (Phi) is 5.26. The molecule has 6 heteroatoms. The second-order valence-electron chi connectivity index (χ2n) is 7.05. The van der Waals surface area contributed by atoms with Crippen molar-refractivity contribution in [2.45, 2.75) is 31.7 Å². The van der Waals surface area contributed by atoms with Gasteiger partial charge >= 0.3 is 0 Å². The van der Waals surface area contributed by atoms with Gasteiger partial charge < -0.3 is 5.32 Å². The van der Waals surface area contributed by atoms with Crippen molar-refractivity contribution in [1.29, 1.82) is 0 Å². The Morgan fingerprint density at radius 3 is 2.32 bits per heavy atom. The van der Waals surface area contributed by atoms with Gasteiger partial charge in [0.2, 0.25) is 5.91 Å². The molecule has 1 aliphatic rings. The molecule has 0 spiro atoms. The number of sulfone groups is 1. The summed E-state index contributed by atoms with van der Waals surface area (Å²) >= 11 is 0. The number of rotatable bonds is 4. The zero-order chi connectivity index (χ0) is 20.6. The van der Waals surface area contributed by atoms with Crippen LogP contribution in [0, 0.1) is 5.82 Å². The van der Waals surface area contributed by atoms with Gasteiger partial charge in [-0.25, -0.2) is 12.8 Å². The minimum Gasteiger partial charge on any atom is -0.350 e. The first kappa shape index (κ1) is 20.0. The maximum Gasteiger partial charge on any atom is 0.217 e. The number of carbonyl (C=O) groups is 1. The van der Waals surface area contributed by atoms with E-state index in [-0.39, 0.29) is 22.7 Å². The van der Waals surface area contributed by atoms with Crippen molar-refractivity contribution < 1.29 is 17.6 Å². The molecule has 146 valence electrons. The Morgan fingerprint density at radius 2 is 1.75 bits per heavy atom. The van der Waals surface area contributed by atoms with E-state index in [1.165, 1.54) is 25.3 Å². The molecule has 1 amide bonds. The summed E-state index contributed by atoms with van der Waals surface area (Å²) < 4.78 is 37.2. The van der Waals surface area contributed by atoms with Gasteiger partial charge in [0.25, 0.3) is 0 Å². The third kappa shape index (κ3) is 3.92. The number of allylic oxidation sites excluding steroid dienone is 2. The van der Waals surface area contributed by atoms with Gasteiger partial charge in [-0.05, 0) is 77.6 Å². The molecule has 2 aromatic carbocycles. The number of nitrogens with one attached hydrogen (secondary N) is 1. The van der Waals surface area contributed by atoms with Crippen LogP contribution in [0.1, 0.15) is 37.5 Å². The molecular weight excluding hydrogens is 377 g/mol. The number of benzene rings is 2. The fourth-order valence-corrected chi connectivity index (χ4v) is 4.25. The van der Waals surface area contributed by atoms with Gasteiger partial charge in [-0.3, -0.25) is 4.79 Å². The monoisotopic (exact) mass is 399 g/mol. The molecule has 0 bridgehead atoms. The summed E-state index contributed by atoms with van der Waals surface area (Å²) in [4.78, 5) is 11.8. The second kappa shape index (κ2) is 7.36. The van der Waals surface area contributed by atoms with Crippen LogP contribution in [0.3, 0.4) is 0 Å². The lowest BCUT2D eigenvalue weighted by molar-refractivity contribution is -0.119. The van der Waals surface area contributed by atoms with Crippen molar-refractivity contribution in [3.05, 3.63) is 70.5 Å². The van der Waals surface area contributed by atoms with Crippen LogP contribution in [0.2, 0.25) is 0 Å². The highest BCUT2D eigenvalue weighted by molar-refractivity contribution is 7.90. The Bertz CT molecular complexity index is 1110. The van der Waals surface area contributed by atoms with E-state index in [4.69, 9.17) is 0 Å². The van der Waals surface area contributed by atoms with Gasteiger partial charge in [0.15, 0.2) is 9.84 Å². The summed E-state index contributed by atoms with van der Waals surface area (Å²) in [5.41, 5.74) is 5.24. The van der Waals surface area contributed by atoms with E-state index in [0.29, 0.717) is 0 Å². The Balaban J connectivity index is 2.11. The highest BCUT2D eigenvalue weighted by Gasteiger charge is 2.28. The number of amides is 1. The van der Waals surface area contributed by atoms with E-state index in [1.807, 2.05) is 19.9 Å². The van der Waals surface area contributed by atoms with Crippen LogP contribution in [0.15, 0.2) is 52.9 Å². The van der Waals surface area contributed by atoms with Gasteiger partial charge in [-0.15, -0.1) is 0 Å². The predicted octanol–water partition coefficient (Wildman–Crippen LogP) is 4.08. The third-order valence-electron chi connectivity index (χ3n) is 4.84. The summed E-state index contributed by atoms with van der Waals surface area (Å²) in [6, 6.07) is 11.0. The van der Waals surface area contributed by atoms with Gasteiger partial charge in [0.1, 0.15) is 5.82 Å². The number of hydrogen-bond acceptors (Lipinski definition) is 3. The molecule has 2 aromatic rings. The van der Waals surface area contributed by atoms with E-state index in [2.05, 4.69) is 5.32 Å². The van der Waals surface area contributed by atoms with Crippen LogP contribution in [0.25, 0.3) is 17.2 Å². The van der Waals surface area contributed by atoms with E-state index in [1.54, 1.807) is 30.3 Å². The molecule has 0 aliphatic heterocycles. The molecule has 0 saturated heterocycles. The van der Waals surface area contributed by atoms with Gasteiger partial charge in [0.05, 0.1) is 10.9 Å². The van der Waals surface area contributed by atoms with Gasteiger partial charge in [0, 0.05) is 13.2 Å². The van der Waals surface area contributed by atoms with Crippen LogP contribution >= 0.6 is 0 Å². The normalized spacial score (nSPS) is 16.2. The lowest BCUT2D eigenvalue weighted by Crippen LogP contribution is -2.31. The summed E-state index contributed by atoms with van der Waals surface area (Å²) in [5.74, 6) is -0.489. The second-order valence-corrected chi connectivity index (χ2v) is 9.07. The molecule has 1 unspecified atom stereocenters. The molecule has 0 aromatic heterocycles. The molecule has 0 radical (unpaired) electrons. The molecule has 0 saturated carbocycles. The molecule has 1 atom stereocenters. The highest BCUT2D eigenvalue weighted by atomic mass is 32.2. The van der Waals surface area contributed by atoms with Crippen LogP contribution in [-0.4, -0.2) is 26.6 Å². The van der Waals surface area contributed by atoms with Crippen molar-refractivity contribution in [3.63, 3.8) is 0 Å². The average Bonchev–Trinajstić information content (AvgIpc) is 2.85. The standard InChI is InChI=1S/C22H22FNO3S/c1-13-20(11-16-5-8-18(9-6-16)28(4,26)27)19-10-7-17(23)12-21(19)22(13)14(2)24-15(3)25/h5-12,14H,1-4H3,(H,24,25). The number of halogens is 1. The van der Waals surface area contributed by atoms with Crippen molar-refractivity contribution in [2.75, 3.05) is 6.26 Å². The van der Waals surface area contributed by atoms with E-state index < -0.39 is 9.84 Å². The molecular formula is C22H22FNO3S. The maximum atomic E-state index is 13.9. The lowest BCUT2D eigenvalue weighted by Gasteiger charge is -2.16. The number of fused-ring (bicyclic) bond motifs is 1. The minimum absolute atomic E-state index is 0.153. The summed E-state index contributed by atoms with van der Waals surface area (Å²) in [6.45, 7) is 5.27. The van der Waals surface area contributed by atoms with Crippen LogP contribution < -0.4 is 5.32 Å². The molecule has 28 heavy (non-hydrogen) atoms. The quantitative estimate of drug-likeness (QED) is 0.843. The third-order valence-corrected chi connectivity index (χ3v) is 5.97. The molecule has 0 fully saturated rings.